The average molecular weight is 431 g/mol. The van der Waals surface area contributed by atoms with Crippen molar-refractivity contribution < 1.29 is 14.3 Å². The summed E-state index contributed by atoms with van der Waals surface area (Å²) in [7, 11) is 0. The van der Waals surface area contributed by atoms with E-state index >= 15 is 0 Å². The summed E-state index contributed by atoms with van der Waals surface area (Å²) in [6.07, 6.45) is 6.56. The first kappa shape index (κ1) is 21.3. The SMILES string of the molecule is O=CCSc1cc(OCc2ccccc2)c(OCc2ccccc2)cc1C1=CCCC1. The second-order valence-corrected chi connectivity index (χ2v) is 8.50. The Balaban J connectivity index is 1.65. The van der Waals surface area contributed by atoms with Gasteiger partial charge in [-0.25, -0.2) is 0 Å². The number of thioether (sulfide) groups is 1. The minimum Gasteiger partial charge on any atom is -0.485 e. The maximum absolute atomic E-state index is 11.0. The lowest BCUT2D eigenvalue weighted by Crippen LogP contribution is -2.02. The number of carbonyl (C=O) groups is 1. The van der Waals surface area contributed by atoms with Gasteiger partial charge in [0.1, 0.15) is 19.5 Å². The Hall–Kier alpha value is -2.98. The van der Waals surface area contributed by atoms with Gasteiger partial charge in [-0.15, -0.1) is 11.8 Å². The Morgan fingerprint density at radius 3 is 2.00 bits per heavy atom. The predicted octanol–water partition coefficient (Wildman–Crippen LogP) is 6.70. The molecule has 0 saturated carbocycles. The molecule has 3 nitrogen and oxygen atoms in total. The van der Waals surface area contributed by atoms with Crippen LogP contribution in [0.15, 0.2) is 83.8 Å². The Labute approximate surface area is 188 Å². The Morgan fingerprint density at radius 1 is 0.839 bits per heavy atom. The van der Waals surface area contributed by atoms with Crippen LogP contribution in [0.3, 0.4) is 0 Å². The Kier molecular flexibility index (Phi) is 7.46. The van der Waals surface area contributed by atoms with E-state index in [1.54, 1.807) is 11.8 Å². The van der Waals surface area contributed by atoms with Crippen molar-refractivity contribution in [3.05, 3.63) is 95.6 Å². The lowest BCUT2D eigenvalue weighted by molar-refractivity contribution is -0.105. The molecule has 0 radical (unpaired) electrons. The van der Waals surface area contributed by atoms with E-state index in [-0.39, 0.29) is 0 Å². The Morgan fingerprint density at radius 2 is 1.45 bits per heavy atom. The third kappa shape index (κ3) is 5.80. The largest absolute Gasteiger partial charge is 0.485 e. The topological polar surface area (TPSA) is 35.5 Å². The van der Waals surface area contributed by atoms with Gasteiger partial charge in [-0.05, 0) is 53.7 Å². The fourth-order valence-corrected chi connectivity index (χ4v) is 4.43. The van der Waals surface area contributed by atoms with E-state index in [1.807, 2.05) is 54.6 Å². The molecule has 0 heterocycles. The lowest BCUT2D eigenvalue weighted by Gasteiger charge is -2.18. The van der Waals surface area contributed by atoms with E-state index in [9.17, 15) is 4.79 Å². The second-order valence-electron chi connectivity index (χ2n) is 7.44. The first-order chi connectivity index (χ1) is 15.3. The van der Waals surface area contributed by atoms with Crippen molar-refractivity contribution in [1.29, 1.82) is 0 Å². The molecule has 0 aromatic heterocycles. The summed E-state index contributed by atoms with van der Waals surface area (Å²) in [5, 5.41) is 0. The zero-order chi connectivity index (χ0) is 21.3. The van der Waals surface area contributed by atoms with Crippen LogP contribution >= 0.6 is 11.8 Å². The highest BCUT2D eigenvalue weighted by molar-refractivity contribution is 8.00. The Bertz CT molecular complexity index is 1030. The second kappa shape index (κ2) is 10.9. The summed E-state index contributed by atoms with van der Waals surface area (Å²) < 4.78 is 12.4. The minimum absolute atomic E-state index is 0.419. The van der Waals surface area contributed by atoms with E-state index in [2.05, 4.69) is 24.3 Å². The molecule has 3 aromatic carbocycles. The fourth-order valence-electron chi connectivity index (χ4n) is 3.65. The fraction of sp³-hybridized carbons (Fsp3) is 0.222. The normalized spacial score (nSPS) is 13.0. The molecule has 0 unspecified atom stereocenters. The lowest BCUT2D eigenvalue weighted by atomic mass is 10.0. The van der Waals surface area contributed by atoms with Crippen LogP contribution in [0.5, 0.6) is 11.5 Å². The molecule has 0 spiro atoms. The molecule has 158 valence electrons. The number of hydrogen-bond acceptors (Lipinski definition) is 4. The summed E-state index contributed by atoms with van der Waals surface area (Å²) >= 11 is 1.55. The van der Waals surface area contributed by atoms with Crippen LogP contribution in [-0.2, 0) is 18.0 Å². The van der Waals surface area contributed by atoms with E-state index in [0.717, 1.165) is 46.5 Å². The molecule has 4 rings (SSSR count). The van der Waals surface area contributed by atoms with Gasteiger partial charge in [0.2, 0.25) is 0 Å². The molecular weight excluding hydrogens is 404 g/mol. The van der Waals surface area contributed by atoms with Crippen molar-refractivity contribution in [1.82, 2.24) is 0 Å². The summed E-state index contributed by atoms with van der Waals surface area (Å²) in [6.45, 7) is 0.935. The van der Waals surface area contributed by atoms with Crippen LogP contribution in [0.4, 0.5) is 0 Å². The number of rotatable bonds is 10. The first-order valence-electron chi connectivity index (χ1n) is 10.6. The van der Waals surface area contributed by atoms with E-state index in [4.69, 9.17) is 9.47 Å². The van der Waals surface area contributed by atoms with E-state index in [0.29, 0.717) is 24.7 Å². The summed E-state index contributed by atoms with van der Waals surface area (Å²) in [5.74, 6) is 1.86. The monoisotopic (exact) mass is 430 g/mol. The standard InChI is InChI=1S/C27H26O3S/c28-15-16-31-27-18-26(30-20-22-11-5-2-6-12-22)25(17-24(27)23-13-7-8-14-23)29-19-21-9-3-1-4-10-21/h1-6,9-13,15,17-18H,7-8,14,16,19-20H2. The molecule has 0 aliphatic heterocycles. The molecule has 0 bridgehead atoms. The molecule has 0 N–H and O–H groups in total. The van der Waals surface area contributed by atoms with Crippen molar-refractivity contribution in [3.63, 3.8) is 0 Å². The van der Waals surface area contributed by atoms with Gasteiger partial charge in [-0.3, -0.25) is 0 Å². The van der Waals surface area contributed by atoms with Crippen molar-refractivity contribution in [2.45, 2.75) is 37.4 Å². The molecular formula is C27H26O3S. The predicted molar refractivity (Wildman–Crippen MR) is 127 cm³/mol. The van der Waals surface area contributed by atoms with Crippen LogP contribution < -0.4 is 9.47 Å². The number of allylic oxidation sites excluding steroid dienone is 2. The maximum atomic E-state index is 11.0. The van der Waals surface area contributed by atoms with Gasteiger partial charge in [-0.1, -0.05) is 66.7 Å². The zero-order valence-corrected chi connectivity index (χ0v) is 18.3. The molecule has 4 heteroatoms. The van der Waals surface area contributed by atoms with Gasteiger partial charge < -0.3 is 14.3 Å². The number of hydrogen-bond donors (Lipinski definition) is 0. The number of benzene rings is 3. The van der Waals surface area contributed by atoms with E-state index in [1.165, 1.54) is 12.0 Å². The average Bonchev–Trinajstić information content (AvgIpc) is 3.36. The van der Waals surface area contributed by atoms with Gasteiger partial charge in [0, 0.05) is 4.90 Å². The van der Waals surface area contributed by atoms with Crippen LogP contribution in [0.1, 0.15) is 36.0 Å². The van der Waals surface area contributed by atoms with Gasteiger partial charge in [0.05, 0.1) is 5.75 Å². The maximum Gasteiger partial charge on any atom is 0.162 e. The molecule has 3 aromatic rings. The van der Waals surface area contributed by atoms with Gasteiger partial charge in [0.25, 0.3) is 0 Å². The quantitative estimate of drug-likeness (QED) is 0.265. The van der Waals surface area contributed by atoms with Crippen molar-refractivity contribution in [2.75, 3.05) is 5.75 Å². The number of aldehydes is 1. The molecule has 0 fully saturated rings. The third-order valence-electron chi connectivity index (χ3n) is 5.21. The molecule has 1 aliphatic rings. The highest BCUT2D eigenvalue weighted by Crippen LogP contribution is 2.42. The van der Waals surface area contributed by atoms with Crippen LogP contribution in [-0.4, -0.2) is 12.0 Å². The number of ether oxygens (including phenoxy) is 2. The van der Waals surface area contributed by atoms with Crippen LogP contribution in [0, 0.1) is 0 Å². The number of carbonyl (C=O) groups excluding carboxylic acids is 1. The highest BCUT2D eigenvalue weighted by Gasteiger charge is 2.18. The molecule has 1 aliphatic carbocycles. The van der Waals surface area contributed by atoms with Crippen molar-refractivity contribution in [3.8, 4) is 11.5 Å². The summed E-state index contributed by atoms with van der Waals surface area (Å²) in [5.41, 5.74) is 4.69. The smallest absolute Gasteiger partial charge is 0.162 e. The summed E-state index contributed by atoms with van der Waals surface area (Å²) in [4.78, 5) is 12.1. The summed E-state index contributed by atoms with van der Waals surface area (Å²) in [6, 6.07) is 24.4. The van der Waals surface area contributed by atoms with Gasteiger partial charge >= 0.3 is 0 Å². The zero-order valence-electron chi connectivity index (χ0n) is 17.5. The van der Waals surface area contributed by atoms with Gasteiger partial charge in [0.15, 0.2) is 11.5 Å². The van der Waals surface area contributed by atoms with Gasteiger partial charge in [-0.2, -0.15) is 0 Å². The third-order valence-corrected chi connectivity index (χ3v) is 6.17. The van der Waals surface area contributed by atoms with E-state index < -0.39 is 0 Å². The first-order valence-corrected chi connectivity index (χ1v) is 11.6. The molecule has 0 amide bonds. The molecule has 0 saturated heterocycles. The van der Waals surface area contributed by atoms with Crippen LogP contribution in [0.2, 0.25) is 0 Å². The molecule has 31 heavy (non-hydrogen) atoms. The van der Waals surface area contributed by atoms with Crippen LogP contribution in [0.25, 0.3) is 5.57 Å². The highest BCUT2D eigenvalue weighted by atomic mass is 32.2. The van der Waals surface area contributed by atoms with Crippen molar-refractivity contribution in [2.24, 2.45) is 0 Å². The molecule has 0 atom stereocenters. The minimum atomic E-state index is 0.419. The van der Waals surface area contributed by atoms with Crippen molar-refractivity contribution >= 4 is 23.6 Å².